The van der Waals surface area contributed by atoms with Gasteiger partial charge in [0.25, 0.3) is 0 Å². The fourth-order valence-corrected chi connectivity index (χ4v) is 3.02. The molecule has 0 saturated carbocycles. The van der Waals surface area contributed by atoms with Crippen molar-refractivity contribution in [2.45, 2.75) is 0 Å². The van der Waals surface area contributed by atoms with Gasteiger partial charge < -0.3 is 28.7 Å². The van der Waals surface area contributed by atoms with Crippen LogP contribution < -0.4 is 14.4 Å². The van der Waals surface area contributed by atoms with E-state index in [2.05, 4.69) is 26.8 Å². The van der Waals surface area contributed by atoms with E-state index in [9.17, 15) is 0 Å². The first-order valence-electron chi connectivity index (χ1n) is 9.18. The van der Waals surface area contributed by atoms with Gasteiger partial charge in [-0.25, -0.2) is 9.97 Å². The Morgan fingerprint density at radius 3 is 2.11 bits per heavy atom. The van der Waals surface area contributed by atoms with Crippen LogP contribution in [0.5, 0.6) is 11.5 Å². The standard InChI is InChI=1S/C19H28N4O4/c1-22-4-6-23(7-5-22)19-15-12-17(26-10-8-24-2)18(27-11-9-25-3)13-16(15)20-14-21-19/h12-14H,4-11H2,1-3H3. The number of aromatic nitrogens is 2. The normalized spacial score (nSPS) is 15.3. The molecule has 0 amide bonds. The summed E-state index contributed by atoms with van der Waals surface area (Å²) in [4.78, 5) is 13.6. The Labute approximate surface area is 160 Å². The SMILES string of the molecule is COCCOc1cc2ncnc(N3CCN(C)CC3)c2cc1OCCOC. The molecule has 27 heavy (non-hydrogen) atoms. The Kier molecular flexibility index (Phi) is 7.03. The third-order valence-electron chi connectivity index (χ3n) is 4.57. The van der Waals surface area contributed by atoms with Crippen LogP contribution >= 0.6 is 0 Å². The van der Waals surface area contributed by atoms with Crippen LogP contribution in [0.25, 0.3) is 10.9 Å². The molecule has 148 valence electrons. The van der Waals surface area contributed by atoms with Gasteiger partial charge in [-0.3, -0.25) is 0 Å². The molecule has 0 atom stereocenters. The maximum atomic E-state index is 5.90. The third kappa shape index (κ3) is 4.97. The van der Waals surface area contributed by atoms with Crippen LogP contribution in [0.2, 0.25) is 0 Å². The summed E-state index contributed by atoms with van der Waals surface area (Å²) in [6, 6.07) is 3.88. The Bertz CT molecular complexity index is 735. The molecule has 0 spiro atoms. The number of benzene rings is 1. The molecule has 3 rings (SSSR count). The zero-order chi connectivity index (χ0) is 19.1. The van der Waals surface area contributed by atoms with Gasteiger partial charge in [-0.05, 0) is 13.1 Å². The molecule has 8 nitrogen and oxygen atoms in total. The number of anilines is 1. The Balaban J connectivity index is 1.92. The third-order valence-corrected chi connectivity index (χ3v) is 4.57. The maximum Gasteiger partial charge on any atom is 0.163 e. The van der Waals surface area contributed by atoms with Crippen LogP contribution in [0.1, 0.15) is 0 Å². The number of ether oxygens (including phenoxy) is 4. The lowest BCUT2D eigenvalue weighted by molar-refractivity contribution is 0.132. The topological polar surface area (TPSA) is 69.2 Å². The largest absolute Gasteiger partial charge is 0.487 e. The summed E-state index contributed by atoms with van der Waals surface area (Å²) < 4.78 is 21.9. The van der Waals surface area contributed by atoms with Crippen LogP contribution in [0.4, 0.5) is 5.82 Å². The molecule has 0 bridgehead atoms. The first kappa shape index (κ1) is 19.6. The lowest BCUT2D eigenvalue weighted by Gasteiger charge is -2.33. The summed E-state index contributed by atoms with van der Waals surface area (Å²) in [6.07, 6.45) is 1.61. The number of likely N-dealkylation sites (N-methyl/N-ethyl adjacent to an activating group) is 1. The summed E-state index contributed by atoms with van der Waals surface area (Å²) in [5.74, 6) is 2.26. The molecule has 2 aromatic rings. The van der Waals surface area contributed by atoms with Gasteiger partial charge in [-0.15, -0.1) is 0 Å². The molecule has 0 unspecified atom stereocenters. The molecule has 8 heteroatoms. The van der Waals surface area contributed by atoms with E-state index in [1.165, 1.54) is 0 Å². The summed E-state index contributed by atoms with van der Waals surface area (Å²) in [7, 11) is 5.44. The van der Waals surface area contributed by atoms with Crippen molar-refractivity contribution in [1.29, 1.82) is 0 Å². The highest BCUT2D eigenvalue weighted by atomic mass is 16.5. The molecular weight excluding hydrogens is 348 g/mol. The van der Waals surface area contributed by atoms with Gasteiger partial charge in [-0.1, -0.05) is 0 Å². The number of rotatable bonds is 9. The molecule has 1 aliphatic heterocycles. The molecule has 0 N–H and O–H groups in total. The average molecular weight is 376 g/mol. The number of piperazine rings is 1. The van der Waals surface area contributed by atoms with Gasteiger partial charge >= 0.3 is 0 Å². The summed E-state index contributed by atoms with van der Waals surface area (Å²) in [6.45, 7) is 5.81. The predicted molar refractivity (Wildman–Crippen MR) is 104 cm³/mol. The second-order valence-corrected chi connectivity index (χ2v) is 6.49. The minimum Gasteiger partial charge on any atom is -0.487 e. The molecule has 1 saturated heterocycles. The Hall–Kier alpha value is -2.16. The minimum absolute atomic E-state index is 0.443. The first-order chi connectivity index (χ1) is 13.2. The number of hydrogen-bond acceptors (Lipinski definition) is 8. The lowest BCUT2D eigenvalue weighted by atomic mass is 10.2. The van der Waals surface area contributed by atoms with Gasteiger partial charge in [-0.2, -0.15) is 0 Å². The van der Waals surface area contributed by atoms with Crippen LogP contribution in [-0.2, 0) is 9.47 Å². The smallest absolute Gasteiger partial charge is 0.163 e. The fourth-order valence-electron chi connectivity index (χ4n) is 3.02. The fraction of sp³-hybridized carbons (Fsp3) is 0.579. The van der Waals surface area contributed by atoms with E-state index in [4.69, 9.17) is 18.9 Å². The molecule has 0 aliphatic carbocycles. The van der Waals surface area contributed by atoms with Gasteiger partial charge in [0, 0.05) is 51.9 Å². The van der Waals surface area contributed by atoms with Gasteiger partial charge in [0.05, 0.1) is 18.7 Å². The Morgan fingerprint density at radius 2 is 1.48 bits per heavy atom. The van der Waals surface area contributed by atoms with Crippen LogP contribution in [0, 0.1) is 0 Å². The number of nitrogens with zero attached hydrogens (tertiary/aromatic N) is 4. The maximum absolute atomic E-state index is 5.90. The first-order valence-corrected chi connectivity index (χ1v) is 9.18. The van der Waals surface area contributed by atoms with E-state index in [1.807, 2.05) is 12.1 Å². The van der Waals surface area contributed by atoms with Crippen LogP contribution in [-0.4, -0.2) is 88.7 Å². The quantitative estimate of drug-likeness (QED) is 0.609. The monoisotopic (exact) mass is 376 g/mol. The van der Waals surface area contributed by atoms with E-state index in [1.54, 1.807) is 20.5 Å². The van der Waals surface area contributed by atoms with Crippen molar-refractivity contribution in [3.8, 4) is 11.5 Å². The van der Waals surface area contributed by atoms with E-state index in [-0.39, 0.29) is 0 Å². The lowest BCUT2D eigenvalue weighted by Crippen LogP contribution is -2.44. The highest BCUT2D eigenvalue weighted by Gasteiger charge is 2.19. The van der Waals surface area contributed by atoms with Crippen molar-refractivity contribution < 1.29 is 18.9 Å². The number of methoxy groups -OCH3 is 2. The number of fused-ring (bicyclic) bond motifs is 1. The van der Waals surface area contributed by atoms with E-state index in [0.29, 0.717) is 37.9 Å². The van der Waals surface area contributed by atoms with Crippen molar-refractivity contribution in [3.05, 3.63) is 18.5 Å². The van der Waals surface area contributed by atoms with Crippen molar-refractivity contribution in [2.24, 2.45) is 0 Å². The zero-order valence-electron chi connectivity index (χ0n) is 16.3. The molecule has 1 aliphatic rings. The van der Waals surface area contributed by atoms with E-state index >= 15 is 0 Å². The average Bonchev–Trinajstić information content (AvgIpc) is 2.69. The van der Waals surface area contributed by atoms with E-state index in [0.717, 1.165) is 42.9 Å². The second-order valence-electron chi connectivity index (χ2n) is 6.49. The van der Waals surface area contributed by atoms with Gasteiger partial charge in [0.2, 0.25) is 0 Å². The van der Waals surface area contributed by atoms with Gasteiger partial charge in [0.1, 0.15) is 25.4 Å². The predicted octanol–water partition coefficient (Wildman–Crippen LogP) is 1.43. The van der Waals surface area contributed by atoms with Crippen molar-refractivity contribution in [1.82, 2.24) is 14.9 Å². The molecule has 1 aromatic carbocycles. The molecule has 1 aromatic heterocycles. The summed E-state index contributed by atoms with van der Waals surface area (Å²) in [5.41, 5.74) is 0.838. The minimum atomic E-state index is 0.443. The zero-order valence-corrected chi connectivity index (χ0v) is 16.3. The number of hydrogen-bond donors (Lipinski definition) is 0. The summed E-state index contributed by atoms with van der Waals surface area (Å²) in [5, 5.41) is 0.966. The molecular formula is C19H28N4O4. The summed E-state index contributed by atoms with van der Waals surface area (Å²) >= 11 is 0. The molecule has 0 radical (unpaired) electrons. The van der Waals surface area contributed by atoms with Crippen LogP contribution in [0.15, 0.2) is 18.5 Å². The van der Waals surface area contributed by atoms with E-state index < -0.39 is 0 Å². The second kappa shape index (κ2) is 9.68. The van der Waals surface area contributed by atoms with Crippen molar-refractivity contribution >= 4 is 16.7 Å². The highest BCUT2D eigenvalue weighted by Crippen LogP contribution is 2.35. The highest BCUT2D eigenvalue weighted by molar-refractivity contribution is 5.92. The van der Waals surface area contributed by atoms with Crippen molar-refractivity contribution in [3.63, 3.8) is 0 Å². The molecule has 1 fully saturated rings. The van der Waals surface area contributed by atoms with Crippen molar-refractivity contribution in [2.75, 3.05) is 78.8 Å². The van der Waals surface area contributed by atoms with Gasteiger partial charge in [0.15, 0.2) is 11.5 Å². The molecule has 2 heterocycles. The van der Waals surface area contributed by atoms with Crippen LogP contribution in [0.3, 0.4) is 0 Å². The Morgan fingerprint density at radius 1 is 0.852 bits per heavy atom.